The van der Waals surface area contributed by atoms with Gasteiger partial charge in [0, 0.05) is 25.2 Å². The Labute approximate surface area is 120 Å². The molecule has 0 spiro atoms. The number of nitrogens with zero attached hydrogens (tertiary/aromatic N) is 1. The standard InChI is InChI=1S/C14H26N2O4/c1-11(2)13(19)15-6-7-16(8-9-17)10-12(18)20-14(3,4)5/h17H,1,6-10H2,2-5H3,(H,15,19). The first-order valence-corrected chi connectivity index (χ1v) is 6.64. The van der Waals surface area contributed by atoms with Crippen LogP contribution in [0.4, 0.5) is 0 Å². The monoisotopic (exact) mass is 286 g/mol. The summed E-state index contributed by atoms with van der Waals surface area (Å²) in [5.74, 6) is -0.566. The molecule has 1 amide bonds. The van der Waals surface area contributed by atoms with Crippen molar-refractivity contribution in [2.24, 2.45) is 0 Å². The fourth-order valence-electron chi connectivity index (χ4n) is 1.45. The van der Waals surface area contributed by atoms with E-state index in [0.29, 0.717) is 25.2 Å². The first kappa shape index (κ1) is 18.6. The van der Waals surface area contributed by atoms with Gasteiger partial charge in [0.05, 0.1) is 13.2 Å². The highest BCUT2D eigenvalue weighted by Gasteiger charge is 2.18. The van der Waals surface area contributed by atoms with Crippen LogP contribution in [-0.2, 0) is 14.3 Å². The van der Waals surface area contributed by atoms with Crippen molar-refractivity contribution in [1.82, 2.24) is 10.2 Å². The van der Waals surface area contributed by atoms with Gasteiger partial charge < -0.3 is 15.2 Å². The maximum Gasteiger partial charge on any atom is 0.320 e. The molecule has 0 aromatic carbocycles. The molecule has 6 heteroatoms. The summed E-state index contributed by atoms with van der Waals surface area (Å²) in [6.07, 6.45) is 0. The molecule has 116 valence electrons. The van der Waals surface area contributed by atoms with E-state index in [1.165, 1.54) is 0 Å². The summed E-state index contributed by atoms with van der Waals surface area (Å²) in [4.78, 5) is 24.8. The van der Waals surface area contributed by atoms with E-state index in [0.717, 1.165) is 0 Å². The number of hydrogen-bond acceptors (Lipinski definition) is 5. The third-order valence-electron chi connectivity index (χ3n) is 2.29. The molecule has 6 nitrogen and oxygen atoms in total. The van der Waals surface area contributed by atoms with E-state index in [-0.39, 0.29) is 25.0 Å². The molecule has 0 aromatic heterocycles. The van der Waals surface area contributed by atoms with Crippen molar-refractivity contribution in [2.45, 2.75) is 33.3 Å². The van der Waals surface area contributed by atoms with Gasteiger partial charge in [-0.3, -0.25) is 14.5 Å². The van der Waals surface area contributed by atoms with E-state index in [4.69, 9.17) is 9.84 Å². The average molecular weight is 286 g/mol. The van der Waals surface area contributed by atoms with Crippen LogP contribution in [0.3, 0.4) is 0 Å². The smallest absolute Gasteiger partial charge is 0.320 e. The number of hydrogen-bond donors (Lipinski definition) is 2. The highest BCUT2D eigenvalue weighted by atomic mass is 16.6. The van der Waals surface area contributed by atoms with Crippen molar-refractivity contribution in [3.05, 3.63) is 12.2 Å². The zero-order valence-corrected chi connectivity index (χ0v) is 12.9. The third kappa shape index (κ3) is 9.52. The third-order valence-corrected chi connectivity index (χ3v) is 2.29. The summed E-state index contributed by atoms with van der Waals surface area (Å²) in [6.45, 7) is 11.8. The number of aliphatic hydroxyl groups is 1. The molecule has 0 aromatic rings. The number of aliphatic hydroxyl groups excluding tert-OH is 1. The van der Waals surface area contributed by atoms with Crippen molar-refractivity contribution in [3.8, 4) is 0 Å². The number of carbonyl (C=O) groups excluding carboxylic acids is 2. The highest BCUT2D eigenvalue weighted by molar-refractivity contribution is 5.92. The van der Waals surface area contributed by atoms with Gasteiger partial charge >= 0.3 is 5.97 Å². The van der Waals surface area contributed by atoms with Gasteiger partial charge in [-0.25, -0.2) is 0 Å². The first-order valence-electron chi connectivity index (χ1n) is 6.64. The van der Waals surface area contributed by atoms with Gasteiger partial charge in [-0.05, 0) is 27.7 Å². The Morgan fingerprint density at radius 3 is 2.35 bits per heavy atom. The van der Waals surface area contributed by atoms with Gasteiger partial charge in [-0.15, -0.1) is 0 Å². The molecule has 0 fully saturated rings. The summed E-state index contributed by atoms with van der Waals surface area (Å²) in [5.41, 5.74) is -0.0956. The van der Waals surface area contributed by atoms with Crippen LogP contribution in [0.25, 0.3) is 0 Å². The van der Waals surface area contributed by atoms with Crippen molar-refractivity contribution < 1.29 is 19.4 Å². The number of ether oxygens (including phenoxy) is 1. The molecular formula is C14H26N2O4. The van der Waals surface area contributed by atoms with Gasteiger partial charge in [0.2, 0.25) is 5.91 Å². The lowest BCUT2D eigenvalue weighted by molar-refractivity contribution is -0.156. The molecule has 0 aliphatic rings. The summed E-state index contributed by atoms with van der Waals surface area (Å²) >= 11 is 0. The van der Waals surface area contributed by atoms with Crippen LogP contribution < -0.4 is 5.32 Å². The van der Waals surface area contributed by atoms with Crippen LogP contribution in [0.15, 0.2) is 12.2 Å². The second-order valence-electron chi connectivity index (χ2n) is 5.62. The van der Waals surface area contributed by atoms with Gasteiger partial charge in [0.1, 0.15) is 5.60 Å². The van der Waals surface area contributed by atoms with Crippen LogP contribution in [-0.4, -0.2) is 60.3 Å². The molecule has 0 bridgehead atoms. The maximum absolute atomic E-state index is 11.7. The minimum Gasteiger partial charge on any atom is -0.459 e. The predicted molar refractivity (Wildman–Crippen MR) is 77.2 cm³/mol. The lowest BCUT2D eigenvalue weighted by Gasteiger charge is -2.24. The molecule has 0 saturated heterocycles. The molecule has 0 aliphatic heterocycles. The summed E-state index contributed by atoms with van der Waals surface area (Å²) < 4.78 is 5.22. The molecule has 0 atom stereocenters. The number of esters is 1. The Bertz CT molecular complexity index is 348. The lowest BCUT2D eigenvalue weighted by Crippen LogP contribution is -2.41. The van der Waals surface area contributed by atoms with Crippen LogP contribution in [0.1, 0.15) is 27.7 Å². The SMILES string of the molecule is C=C(C)C(=O)NCCN(CCO)CC(=O)OC(C)(C)C. The van der Waals surface area contributed by atoms with Crippen molar-refractivity contribution in [2.75, 3.05) is 32.8 Å². The molecule has 2 N–H and O–H groups in total. The topological polar surface area (TPSA) is 78.9 Å². The maximum atomic E-state index is 11.7. The number of nitrogens with one attached hydrogen (secondary N) is 1. The Kier molecular flexibility index (Phi) is 8.10. The number of rotatable bonds is 8. The fraction of sp³-hybridized carbons (Fsp3) is 0.714. The second kappa shape index (κ2) is 8.71. The second-order valence-corrected chi connectivity index (χ2v) is 5.62. The van der Waals surface area contributed by atoms with Crippen molar-refractivity contribution in [1.29, 1.82) is 0 Å². The molecule has 0 aliphatic carbocycles. The Hall–Kier alpha value is -1.40. The van der Waals surface area contributed by atoms with Gasteiger partial charge in [0.15, 0.2) is 0 Å². The first-order chi connectivity index (χ1) is 9.15. The van der Waals surface area contributed by atoms with Crippen LogP contribution in [0.2, 0.25) is 0 Å². The van der Waals surface area contributed by atoms with E-state index >= 15 is 0 Å². The van der Waals surface area contributed by atoms with Crippen LogP contribution in [0, 0.1) is 0 Å². The fourth-order valence-corrected chi connectivity index (χ4v) is 1.45. The van der Waals surface area contributed by atoms with E-state index in [1.807, 2.05) is 0 Å². The minimum atomic E-state index is -0.532. The summed E-state index contributed by atoms with van der Waals surface area (Å²) in [7, 11) is 0. The summed E-state index contributed by atoms with van der Waals surface area (Å²) in [6, 6.07) is 0. The Morgan fingerprint density at radius 1 is 1.30 bits per heavy atom. The van der Waals surface area contributed by atoms with Crippen molar-refractivity contribution >= 4 is 11.9 Å². The van der Waals surface area contributed by atoms with E-state index < -0.39 is 5.60 Å². The molecule has 0 saturated carbocycles. The zero-order valence-electron chi connectivity index (χ0n) is 12.9. The molecule has 20 heavy (non-hydrogen) atoms. The molecule has 0 unspecified atom stereocenters. The van der Waals surface area contributed by atoms with Gasteiger partial charge in [-0.2, -0.15) is 0 Å². The van der Waals surface area contributed by atoms with Crippen LogP contribution in [0.5, 0.6) is 0 Å². The quantitative estimate of drug-likeness (QED) is 0.496. The minimum absolute atomic E-state index is 0.0583. The Morgan fingerprint density at radius 2 is 1.90 bits per heavy atom. The average Bonchev–Trinajstić information content (AvgIpc) is 2.26. The van der Waals surface area contributed by atoms with E-state index in [1.54, 1.807) is 32.6 Å². The normalized spacial score (nSPS) is 11.3. The van der Waals surface area contributed by atoms with E-state index in [9.17, 15) is 9.59 Å². The van der Waals surface area contributed by atoms with E-state index in [2.05, 4.69) is 11.9 Å². The van der Waals surface area contributed by atoms with Crippen molar-refractivity contribution in [3.63, 3.8) is 0 Å². The molecule has 0 radical (unpaired) electrons. The van der Waals surface area contributed by atoms with Gasteiger partial charge in [0.25, 0.3) is 0 Å². The molecule has 0 heterocycles. The summed E-state index contributed by atoms with van der Waals surface area (Å²) in [5, 5.41) is 11.7. The Balaban J connectivity index is 4.19. The highest BCUT2D eigenvalue weighted by Crippen LogP contribution is 2.07. The van der Waals surface area contributed by atoms with Gasteiger partial charge in [-0.1, -0.05) is 6.58 Å². The molecule has 0 rings (SSSR count). The number of amides is 1. The molecular weight excluding hydrogens is 260 g/mol. The largest absolute Gasteiger partial charge is 0.459 e. The lowest BCUT2D eigenvalue weighted by atomic mass is 10.2. The predicted octanol–water partition coefficient (Wildman–Crippen LogP) is 0.315. The van der Waals surface area contributed by atoms with Crippen LogP contribution >= 0.6 is 0 Å². The zero-order chi connectivity index (χ0) is 15.8. The number of carbonyl (C=O) groups is 2.